The van der Waals surface area contributed by atoms with Gasteiger partial charge < -0.3 is 19.8 Å². The molecule has 0 fully saturated rings. The van der Waals surface area contributed by atoms with Crippen molar-refractivity contribution in [3.05, 3.63) is 12.7 Å². The average molecular weight is 441 g/mol. The average Bonchev–Trinajstić information content (AvgIpc) is 2.65. The molecule has 0 saturated carbocycles. The van der Waals surface area contributed by atoms with E-state index in [1.165, 1.54) is 83.5 Å². The summed E-state index contributed by atoms with van der Waals surface area (Å²) in [6.07, 6.45) is 23.2. The molecule has 0 N–H and O–H groups in total. The molecule has 0 aliphatic carbocycles. The molecular formula is C24H42Na2O4. The Labute approximate surface area is 229 Å². The van der Waals surface area contributed by atoms with E-state index in [2.05, 4.69) is 6.58 Å². The summed E-state index contributed by atoms with van der Waals surface area (Å²) in [5.41, 5.74) is 0. The van der Waals surface area contributed by atoms with Crippen molar-refractivity contribution in [2.45, 2.75) is 122 Å². The van der Waals surface area contributed by atoms with Gasteiger partial charge in [0, 0.05) is 17.9 Å². The van der Waals surface area contributed by atoms with Gasteiger partial charge in [0.1, 0.15) is 0 Å². The van der Waals surface area contributed by atoms with E-state index in [0.717, 1.165) is 25.7 Å². The number of hydrogen-bond donors (Lipinski definition) is 0. The monoisotopic (exact) mass is 440 g/mol. The minimum atomic E-state index is -1.31. The molecule has 0 aliphatic heterocycles. The normalized spacial score (nSPS) is 11.2. The zero-order valence-corrected chi connectivity index (χ0v) is 23.9. The van der Waals surface area contributed by atoms with Gasteiger partial charge in [-0.2, -0.15) is 0 Å². The first-order chi connectivity index (χ1) is 13.6. The van der Waals surface area contributed by atoms with Crippen molar-refractivity contribution in [3.8, 4) is 0 Å². The van der Waals surface area contributed by atoms with Crippen LogP contribution >= 0.6 is 0 Å². The maximum atomic E-state index is 10.8. The largest absolute Gasteiger partial charge is 1.00 e. The van der Waals surface area contributed by atoms with E-state index in [0.29, 0.717) is 6.42 Å². The molecule has 0 radical (unpaired) electrons. The zero-order chi connectivity index (χ0) is 20.9. The molecule has 4 nitrogen and oxygen atoms in total. The molecule has 0 bridgehead atoms. The molecule has 0 amide bonds. The molecule has 6 heteroatoms. The maximum Gasteiger partial charge on any atom is 1.00 e. The summed E-state index contributed by atoms with van der Waals surface area (Å²) in [4.78, 5) is 21.3. The van der Waals surface area contributed by atoms with Crippen molar-refractivity contribution in [3.63, 3.8) is 0 Å². The molecule has 0 aromatic rings. The van der Waals surface area contributed by atoms with Crippen molar-refractivity contribution in [2.75, 3.05) is 0 Å². The fourth-order valence-electron chi connectivity index (χ4n) is 3.66. The standard InChI is InChI=1S/C24H44O4.2Na/c1-2-3-4-5-6-7-8-9-10-11-12-13-14-15-16-17-18-19-20-22(24(27)28)21-23(25)26;;/h2,22H,1,3-21H2,(H,25,26)(H,27,28);;/q;2*+1/p-2. The van der Waals surface area contributed by atoms with Gasteiger partial charge in [-0.05, 0) is 25.7 Å². The Morgan fingerprint density at radius 2 is 0.967 bits per heavy atom. The van der Waals surface area contributed by atoms with E-state index in [-0.39, 0.29) is 59.1 Å². The Morgan fingerprint density at radius 1 is 0.633 bits per heavy atom. The minimum Gasteiger partial charge on any atom is -0.550 e. The second-order valence-electron chi connectivity index (χ2n) is 8.11. The van der Waals surface area contributed by atoms with Gasteiger partial charge in [0.2, 0.25) is 0 Å². The second kappa shape index (κ2) is 27.7. The minimum absolute atomic E-state index is 0. The van der Waals surface area contributed by atoms with Crippen LogP contribution in [-0.2, 0) is 9.59 Å². The third kappa shape index (κ3) is 26.7. The van der Waals surface area contributed by atoms with Gasteiger partial charge in [-0.3, -0.25) is 0 Å². The van der Waals surface area contributed by atoms with Crippen molar-refractivity contribution in [1.29, 1.82) is 0 Å². The molecule has 30 heavy (non-hydrogen) atoms. The van der Waals surface area contributed by atoms with Gasteiger partial charge in [0.25, 0.3) is 0 Å². The summed E-state index contributed by atoms with van der Waals surface area (Å²) < 4.78 is 0. The number of carboxylic acid groups (broad SMARTS) is 2. The number of carbonyl (C=O) groups is 2. The molecule has 0 saturated heterocycles. The molecule has 0 spiro atoms. The van der Waals surface area contributed by atoms with Gasteiger partial charge in [0.05, 0.1) is 0 Å². The molecule has 164 valence electrons. The van der Waals surface area contributed by atoms with E-state index in [4.69, 9.17) is 0 Å². The van der Waals surface area contributed by atoms with Crippen LogP contribution in [-0.4, -0.2) is 11.9 Å². The summed E-state index contributed by atoms with van der Waals surface area (Å²) in [5, 5.41) is 21.3. The fourth-order valence-corrected chi connectivity index (χ4v) is 3.66. The number of allylic oxidation sites excluding steroid dienone is 1. The van der Waals surface area contributed by atoms with Gasteiger partial charge in [0.15, 0.2) is 0 Å². The van der Waals surface area contributed by atoms with Crippen molar-refractivity contribution in [1.82, 2.24) is 0 Å². The van der Waals surface area contributed by atoms with Crippen LogP contribution in [0.4, 0.5) is 0 Å². The number of aliphatic carboxylic acids is 2. The Morgan fingerprint density at radius 3 is 1.27 bits per heavy atom. The first kappa shape index (κ1) is 35.3. The van der Waals surface area contributed by atoms with Gasteiger partial charge in [-0.15, -0.1) is 6.58 Å². The SMILES string of the molecule is C=CCCCCCCCCCCCCCCCCCCC(CC(=O)[O-])C(=O)[O-].[Na+].[Na+]. The topological polar surface area (TPSA) is 80.3 Å². The third-order valence-electron chi connectivity index (χ3n) is 5.46. The number of carbonyl (C=O) groups excluding carboxylic acids is 2. The fraction of sp³-hybridized carbons (Fsp3) is 0.833. The van der Waals surface area contributed by atoms with Crippen molar-refractivity contribution in [2.24, 2.45) is 5.92 Å². The van der Waals surface area contributed by atoms with Crippen molar-refractivity contribution < 1.29 is 78.9 Å². The first-order valence-electron chi connectivity index (χ1n) is 11.6. The van der Waals surface area contributed by atoms with Gasteiger partial charge >= 0.3 is 59.1 Å². The van der Waals surface area contributed by atoms with E-state index in [9.17, 15) is 19.8 Å². The predicted octanol–water partition coefficient (Wildman–Crippen LogP) is -1.29. The molecule has 0 aromatic heterocycles. The van der Waals surface area contributed by atoms with Crippen molar-refractivity contribution >= 4 is 11.9 Å². The van der Waals surface area contributed by atoms with Crippen LogP contribution in [0.25, 0.3) is 0 Å². The van der Waals surface area contributed by atoms with Crippen LogP contribution in [0, 0.1) is 5.92 Å². The number of rotatable bonds is 22. The second-order valence-corrected chi connectivity index (χ2v) is 8.11. The van der Waals surface area contributed by atoms with Gasteiger partial charge in [-0.25, -0.2) is 0 Å². The van der Waals surface area contributed by atoms with Gasteiger partial charge in [-0.1, -0.05) is 102 Å². The quantitative estimate of drug-likeness (QED) is 0.119. The molecule has 1 atom stereocenters. The van der Waals surface area contributed by atoms with Crippen LogP contribution in [0.15, 0.2) is 12.7 Å². The summed E-state index contributed by atoms with van der Waals surface area (Å²) in [6.45, 7) is 3.75. The van der Waals surface area contributed by atoms with Crippen LogP contribution in [0.2, 0.25) is 0 Å². The van der Waals surface area contributed by atoms with E-state index >= 15 is 0 Å². The Kier molecular flexibility index (Phi) is 32.6. The number of hydrogen-bond acceptors (Lipinski definition) is 4. The zero-order valence-electron chi connectivity index (χ0n) is 19.9. The van der Waals surface area contributed by atoms with Crippen LogP contribution in [0.1, 0.15) is 122 Å². The molecule has 0 rings (SSSR count). The Hall–Kier alpha value is 0.680. The summed E-state index contributed by atoms with van der Waals surface area (Å²) in [7, 11) is 0. The Balaban J connectivity index is -0.00000364. The third-order valence-corrected chi connectivity index (χ3v) is 5.46. The van der Waals surface area contributed by atoms with E-state index in [1.807, 2.05) is 6.08 Å². The molecule has 0 aliphatic rings. The summed E-state index contributed by atoms with van der Waals surface area (Å²) in [6, 6.07) is 0. The molecule has 0 heterocycles. The van der Waals surface area contributed by atoms with Crippen LogP contribution in [0.3, 0.4) is 0 Å². The van der Waals surface area contributed by atoms with E-state index < -0.39 is 24.3 Å². The smallest absolute Gasteiger partial charge is 0.550 e. The maximum absolute atomic E-state index is 10.8. The number of unbranched alkanes of at least 4 members (excludes halogenated alkanes) is 16. The predicted molar refractivity (Wildman–Crippen MR) is 111 cm³/mol. The first-order valence-corrected chi connectivity index (χ1v) is 11.6. The van der Waals surface area contributed by atoms with E-state index in [1.54, 1.807) is 0 Å². The molecular weight excluding hydrogens is 398 g/mol. The Bertz CT molecular complexity index is 403. The summed E-state index contributed by atoms with van der Waals surface area (Å²) in [5.74, 6) is -3.48. The number of carboxylic acids is 2. The van der Waals surface area contributed by atoms with Crippen LogP contribution < -0.4 is 69.3 Å². The van der Waals surface area contributed by atoms with Crippen LogP contribution in [0.5, 0.6) is 0 Å². The summed E-state index contributed by atoms with van der Waals surface area (Å²) >= 11 is 0. The molecule has 0 aromatic carbocycles. The molecule has 1 unspecified atom stereocenters.